The highest BCUT2D eigenvalue weighted by molar-refractivity contribution is 5.93. The first-order valence-electron chi connectivity index (χ1n) is 8.24. The number of aryl methyl sites for hydroxylation is 1. The molecule has 6 heteroatoms. The van der Waals surface area contributed by atoms with Crippen molar-refractivity contribution in [3.63, 3.8) is 0 Å². The second-order valence-electron chi connectivity index (χ2n) is 5.88. The van der Waals surface area contributed by atoms with Crippen molar-refractivity contribution in [1.82, 2.24) is 15.2 Å². The molecule has 1 aliphatic rings. The lowest BCUT2D eigenvalue weighted by molar-refractivity contribution is -0.127. The number of oxazole rings is 1. The largest absolute Gasteiger partial charge is 0.441 e. The van der Waals surface area contributed by atoms with Crippen LogP contribution in [0.1, 0.15) is 35.5 Å². The van der Waals surface area contributed by atoms with Crippen molar-refractivity contribution in [2.45, 2.75) is 26.2 Å². The number of likely N-dealkylation sites (tertiary alicyclic amines) is 1. The number of carbonyl (C=O) groups is 2. The quantitative estimate of drug-likeness (QED) is 0.827. The van der Waals surface area contributed by atoms with E-state index in [1.165, 1.54) is 0 Å². The van der Waals surface area contributed by atoms with Crippen LogP contribution in [-0.4, -0.2) is 41.3 Å². The molecule has 2 amide bonds. The average Bonchev–Trinajstić information content (AvgIpc) is 3.18. The summed E-state index contributed by atoms with van der Waals surface area (Å²) in [5.41, 5.74) is 1.15. The van der Waals surface area contributed by atoms with Gasteiger partial charge in [0.1, 0.15) is 5.76 Å². The lowest BCUT2D eigenvalue weighted by Crippen LogP contribution is -2.31. The molecule has 2 heterocycles. The molecule has 0 bridgehead atoms. The van der Waals surface area contributed by atoms with Crippen molar-refractivity contribution in [2.75, 3.05) is 19.6 Å². The molecule has 24 heavy (non-hydrogen) atoms. The number of nitrogens with zero attached hydrogens (tertiary/aromatic N) is 2. The number of rotatable bonds is 6. The molecule has 1 aromatic heterocycles. The van der Waals surface area contributed by atoms with Crippen LogP contribution in [0.25, 0.3) is 11.5 Å². The molecule has 126 valence electrons. The van der Waals surface area contributed by atoms with Crippen LogP contribution < -0.4 is 5.32 Å². The maximum absolute atomic E-state index is 12.3. The fourth-order valence-corrected chi connectivity index (χ4v) is 2.81. The van der Waals surface area contributed by atoms with Gasteiger partial charge in [0.2, 0.25) is 11.8 Å². The Kier molecular flexibility index (Phi) is 4.93. The summed E-state index contributed by atoms with van der Waals surface area (Å²) in [6.45, 7) is 3.76. The average molecular weight is 327 g/mol. The van der Waals surface area contributed by atoms with Gasteiger partial charge in [0, 0.05) is 31.6 Å². The summed E-state index contributed by atoms with van der Waals surface area (Å²) in [6.07, 6.45) is 2.32. The Morgan fingerprint density at radius 1 is 1.33 bits per heavy atom. The van der Waals surface area contributed by atoms with Crippen LogP contribution in [0, 0.1) is 6.92 Å². The summed E-state index contributed by atoms with van der Waals surface area (Å²) in [5.74, 6) is 0.911. The molecule has 1 saturated heterocycles. The zero-order chi connectivity index (χ0) is 16.9. The minimum Gasteiger partial charge on any atom is -0.441 e. The third-order valence-corrected chi connectivity index (χ3v) is 4.09. The molecule has 0 unspecified atom stereocenters. The summed E-state index contributed by atoms with van der Waals surface area (Å²) in [4.78, 5) is 29.9. The van der Waals surface area contributed by atoms with Crippen LogP contribution in [0.4, 0.5) is 0 Å². The van der Waals surface area contributed by atoms with Crippen LogP contribution in [0.3, 0.4) is 0 Å². The van der Waals surface area contributed by atoms with Crippen LogP contribution in [-0.2, 0) is 4.79 Å². The first-order valence-corrected chi connectivity index (χ1v) is 8.24. The minimum absolute atomic E-state index is 0.209. The number of amides is 2. The third-order valence-electron chi connectivity index (χ3n) is 4.09. The standard InChI is InChI=1S/C18H21N3O3/c1-13-16(20-18(24-13)14-7-3-2-4-8-14)17(23)19-10-6-12-21-11-5-9-15(21)22/h2-4,7-8H,5-6,9-12H2,1H3,(H,19,23). The Hall–Kier alpha value is -2.63. The predicted octanol–water partition coefficient (Wildman–Crippen LogP) is 2.39. The Labute approximate surface area is 140 Å². The van der Waals surface area contributed by atoms with E-state index in [2.05, 4.69) is 10.3 Å². The smallest absolute Gasteiger partial charge is 0.273 e. The number of nitrogens with one attached hydrogen (secondary N) is 1. The number of benzene rings is 1. The van der Waals surface area contributed by atoms with E-state index in [0.29, 0.717) is 36.9 Å². The van der Waals surface area contributed by atoms with E-state index >= 15 is 0 Å². The van der Waals surface area contributed by atoms with Crippen molar-refractivity contribution in [1.29, 1.82) is 0 Å². The van der Waals surface area contributed by atoms with Gasteiger partial charge in [-0.3, -0.25) is 9.59 Å². The molecule has 0 radical (unpaired) electrons. The first kappa shape index (κ1) is 16.2. The van der Waals surface area contributed by atoms with Crippen LogP contribution in [0.2, 0.25) is 0 Å². The van der Waals surface area contributed by atoms with E-state index in [4.69, 9.17) is 4.42 Å². The highest BCUT2D eigenvalue weighted by atomic mass is 16.4. The fourth-order valence-electron chi connectivity index (χ4n) is 2.81. The Morgan fingerprint density at radius 3 is 2.83 bits per heavy atom. The number of hydrogen-bond acceptors (Lipinski definition) is 4. The van der Waals surface area contributed by atoms with Crippen LogP contribution >= 0.6 is 0 Å². The Balaban J connectivity index is 1.53. The van der Waals surface area contributed by atoms with Gasteiger partial charge in [-0.15, -0.1) is 0 Å². The van der Waals surface area contributed by atoms with E-state index in [0.717, 1.165) is 24.9 Å². The zero-order valence-electron chi connectivity index (χ0n) is 13.7. The van der Waals surface area contributed by atoms with E-state index in [1.54, 1.807) is 6.92 Å². The normalized spacial score (nSPS) is 14.2. The Bertz CT molecular complexity index is 724. The third kappa shape index (κ3) is 3.64. The summed E-state index contributed by atoms with van der Waals surface area (Å²) >= 11 is 0. The molecular weight excluding hydrogens is 306 g/mol. The summed E-state index contributed by atoms with van der Waals surface area (Å²) < 4.78 is 5.60. The van der Waals surface area contributed by atoms with E-state index in [-0.39, 0.29) is 11.8 Å². The molecule has 0 aliphatic carbocycles. The number of hydrogen-bond donors (Lipinski definition) is 1. The maximum atomic E-state index is 12.3. The maximum Gasteiger partial charge on any atom is 0.273 e. The summed E-state index contributed by atoms with van der Waals surface area (Å²) in [5, 5.41) is 2.84. The SMILES string of the molecule is Cc1oc(-c2ccccc2)nc1C(=O)NCCCN1CCCC1=O. The van der Waals surface area contributed by atoms with Crippen LogP contribution in [0.15, 0.2) is 34.7 Å². The van der Waals surface area contributed by atoms with Gasteiger partial charge in [0.15, 0.2) is 5.69 Å². The molecule has 2 aromatic rings. The van der Waals surface area contributed by atoms with Gasteiger partial charge in [0.25, 0.3) is 5.91 Å². The number of aromatic nitrogens is 1. The predicted molar refractivity (Wildman–Crippen MR) is 89.4 cm³/mol. The molecule has 1 aromatic carbocycles. The van der Waals surface area contributed by atoms with E-state index in [1.807, 2.05) is 35.2 Å². The van der Waals surface area contributed by atoms with Crippen molar-refractivity contribution in [3.8, 4) is 11.5 Å². The zero-order valence-corrected chi connectivity index (χ0v) is 13.7. The highest BCUT2D eigenvalue weighted by Gasteiger charge is 2.20. The topological polar surface area (TPSA) is 75.4 Å². The molecule has 0 saturated carbocycles. The lowest BCUT2D eigenvalue weighted by atomic mass is 10.2. The van der Waals surface area contributed by atoms with Gasteiger partial charge in [-0.05, 0) is 31.9 Å². The van der Waals surface area contributed by atoms with Crippen molar-refractivity contribution < 1.29 is 14.0 Å². The van der Waals surface area contributed by atoms with E-state index in [9.17, 15) is 9.59 Å². The lowest BCUT2D eigenvalue weighted by Gasteiger charge is -2.15. The minimum atomic E-state index is -0.244. The fraction of sp³-hybridized carbons (Fsp3) is 0.389. The second-order valence-corrected chi connectivity index (χ2v) is 5.88. The highest BCUT2D eigenvalue weighted by Crippen LogP contribution is 2.21. The molecule has 1 aliphatic heterocycles. The van der Waals surface area contributed by atoms with Gasteiger partial charge in [-0.25, -0.2) is 4.98 Å². The van der Waals surface area contributed by atoms with Gasteiger partial charge in [0.05, 0.1) is 0 Å². The molecule has 3 rings (SSSR count). The van der Waals surface area contributed by atoms with Gasteiger partial charge in [-0.1, -0.05) is 18.2 Å². The van der Waals surface area contributed by atoms with Crippen molar-refractivity contribution >= 4 is 11.8 Å². The summed E-state index contributed by atoms with van der Waals surface area (Å²) in [7, 11) is 0. The van der Waals surface area contributed by atoms with Crippen molar-refractivity contribution in [3.05, 3.63) is 41.8 Å². The first-order chi connectivity index (χ1) is 11.6. The van der Waals surface area contributed by atoms with Crippen LogP contribution in [0.5, 0.6) is 0 Å². The van der Waals surface area contributed by atoms with E-state index < -0.39 is 0 Å². The van der Waals surface area contributed by atoms with Gasteiger partial charge >= 0.3 is 0 Å². The molecule has 1 fully saturated rings. The molecule has 6 nitrogen and oxygen atoms in total. The molecule has 0 spiro atoms. The van der Waals surface area contributed by atoms with Gasteiger partial charge < -0.3 is 14.6 Å². The Morgan fingerprint density at radius 2 is 2.12 bits per heavy atom. The summed E-state index contributed by atoms with van der Waals surface area (Å²) in [6, 6.07) is 9.49. The van der Waals surface area contributed by atoms with Gasteiger partial charge in [-0.2, -0.15) is 0 Å². The second kappa shape index (κ2) is 7.29. The molecular formula is C18H21N3O3. The molecule has 0 atom stereocenters. The monoisotopic (exact) mass is 327 g/mol. The van der Waals surface area contributed by atoms with Crippen molar-refractivity contribution in [2.24, 2.45) is 0 Å². The molecule has 1 N–H and O–H groups in total. The number of carbonyl (C=O) groups excluding carboxylic acids is 2.